The van der Waals surface area contributed by atoms with Gasteiger partial charge in [-0.05, 0) is 32.9 Å². The van der Waals surface area contributed by atoms with Gasteiger partial charge >= 0.3 is 0 Å². The second-order valence-electron chi connectivity index (χ2n) is 4.85. The lowest BCUT2D eigenvalue weighted by atomic mass is 10.1. The molecule has 1 N–H and O–H groups in total. The van der Waals surface area contributed by atoms with Crippen molar-refractivity contribution in [2.24, 2.45) is 7.05 Å². The predicted octanol–water partition coefficient (Wildman–Crippen LogP) is 0.697. The molecule has 0 bridgehead atoms. The smallest absolute Gasteiger partial charge is 0.146 e. The molecule has 0 aliphatic carbocycles. The average molecular weight is 237 g/mol. The van der Waals surface area contributed by atoms with Crippen molar-refractivity contribution < 1.29 is 0 Å². The highest BCUT2D eigenvalue weighted by Gasteiger charge is 2.20. The van der Waals surface area contributed by atoms with Gasteiger partial charge in [-0.3, -0.25) is 4.90 Å². The molecule has 0 radical (unpaired) electrons. The molecule has 2 rings (SSSR count). The quantitative estimate of drug-likeness (QED) is 0.837. The number of piperidine rings is 1. The molecule has 0 saturated carbocycles. The number of nitrogens with zero attached hydrogens (tertiary/aromatic N) is 4. The topological polar surface area (TPSA) is 46.0 Å². The molecule has 5 heteroatoms. The summed E-state index contributed by atoms with van der Waals surface area (Å²) in [5, 5.41) is 11.9. The van der Waals surface area contributed by atoms with Crippen LogP contribution in [0.5, 0.6) is 0 Å². The Kier molecular flexibility index (Phi) is 4.12. The number of hydrogen-bond donors (Lipinski definition) is 1. The molecule has 96 valence electrons. The van der Waals surface area contributed by atoms with Gasteiger partial charge in [-0.25, -0.2) is 0 Å². The Bertz CT molecular complexity index is 358. The molecule has 2 heterocycles. The summed E-state index contributed by atoms with van der Waals surface area (Å²) in [6.45, 7) is 8.44. The van der Waals surface area contributed by atoms with Crippen LogP contribution in [-0.4, -0.2) is 45.3 Å². The lowest BCUT2D eigenvalue weighted by Gasteiger charge is -2.32. The predicted molar refractivity (Wildman–Crippen MR) is 67.7 cm³/mol. The normalized spacial score (nSPS) is 21.9. The summed E-state index contributed by atoms with van der Waals surface area (Å²) >= 11 is 0. The Hall–Kier alpha value is -0.940. The van der Waals surface area contributed by atoms with Crippen LogP contribution in [0.3, 0.4) is 0 Å². The summed E-state index contributed by atoms with van der Waals surface area (Å²) in [7, 11) is 2.04. The van der Waals surface area contributed by atoms with Crippen LogP contribution in [0.4, 0.5) is 0 Å². The van der Waals surface area contributed by atoms with Crippen molar-refractivity contribution in [2.45, 2.75) is 39.3 Å². The van der Waals surface area contributed by atoms with Crippen LogP contribution in [0.2, 0.25) is 0 Å². The minimum atomic E-state index is 0.642. The second kappa shape index (κ2) is 5.60. The second-order valence-corrected chi connectivity index (χ2v) is 4.85. The molecule has 5 nitrogen and oxygen atoms in total. The van der Waals surface area contributed by atoms with Crippen LogP contribution in [-0.2, 0) is 13.6 Å². The van der Waals surface area contributed by atoms with E-state index < -0.39 is 0 Å². The number of aryl methyl sites for hydroxylation is 1. The third-order valence-electron chi connectivity index (χ3n) is 3.55. The fraction of sp³-hybridized carbons (Fsp3) is 0.833. The number of aromatic nitrogens is 3. The molecule has 1 saturated heterocycles. The van der Waals surface area contributed by atoms with Crippen molar-refractivity contribution in [3.05, 3.63) is 11.6 Å². The van der Waals surface area contributed by atoms with E-state index in [1.807, 2.05) is 14.0 Å². The van der Waals surface area contributed by atoms with Crippen molar-refractivity contribution >= 4 is 0 Å². The summed E-state index contributed by atoms with van der Waals surface area (Å²) in [5.74, 6) is 2.06. The number of nitrogens with one attached hydrogen (secondary N) is 1. The fourth-order valence-electron chi connectivity index (χ4n) is 2.44. The van der Waals surface area contributed by atoms with Gasteiger partial charge in [-0.2, -0.15) is 0 Å². The van der Waals surface area contributed by atoms with Crippen molar-refractivity contribution in [2.75, 3.05) is 19.6 Å². The molecule has 1 fully saturated rings. The molecule has 0 spiro atoms. The van der Waals surface area contributed by atoms with Gasteiger partial charge in [0.1, 0.15) is 11.6 Å². The van der Waals surface area contributed by atoms with Gasteiger partial charge in [0.2, 0.25) is 0 Å². The van der Waals surface area contributed by atoms with E-state index >= 15 is 0 Å². The first-order valence-corrected chi connectivity index (χ1v) is 6.51. The minimum Gasteiger partial charge on any atom is -0.317 e. The zero-order chi connectivity index (χ0) is 12.3. The van der Waals surface area contributed by atoms with Gasteiger partial charge in [-0.1, -0.05) is 6.92 Å². The van der Waals surface area contributed by atoms with Crippen molar-refractivity contribution in [3.63, 3.8) is 0 Å². The van der Waals surface area contributed by atoms with Gasteiger partial charge < -0.3 is 9.88 Å². The maximum atomic E-state index is 4.23. The van der Waals surface area contributed by atoms with E-state index in [1.54, 1.807) is 0 Å². The lowest BCUT2D eigenvalue weighted by molar-refractivity contribution is 0.179. The Morgan fingerprint density at radius 2 is 2.24 bits per heavy atom. The molecule has 1 atom stereocenters. The summed E-state index contributed by atoms with van der Waals surface area (Å²) in [6, 6.07) is 0.642. The van der Waals surface area contributed by atoms with Gasteiger partial charge in [0, 0.05) is 19.6 Å². The molecular weight excluding hydrogens is 214 g/mol. The highest BCUT2D eigenvalue weighted by molar-refractivity contribution is 4.93. The van der Waals surface area contributed by atoms with Gasteiger partial charge in [0.25, 0.3) is 0 Å². The van der Waals surface area contributed by atoms with Gasteiger partial charge in [-0.15, -0.1) is 10.2 Å². The summed E-state index contributed by atoms with van der Waals surface area (Å²) in [5.41, 5.74) is 0. The largest absolute Gasteiger partial charge is 0.317 e. The van der Waals surface area contributed by atoms with Crippen LogP contribution in [0, 0.1) is 6.92 Å². The van der Waals surface area contributed by atoms with Crippen LogP contribution >= 0.6 is 0 Å². The number of likely N-dealkylation sites (N-methyl/N-ethyl adjacent to an activating group) is 1. The fourth-order valence-corrected chi connectivity index (χ4v) is 2.44. The van der Waals surface area contributed by atoms with E-state index in [-0.39, 0.29) is 0 Å². The maximum Gasteiger partial charge on any atom is 0.146 e. The highest BCUT2D eigenvalue weighted by Crippen LogP contribution is 2.12. The molecule has 0 amide bonds. The first kappa shape index (κ1) is 12.5. The van der Waals surface area contributed by atoms with E-state index in [4.69, 9.17) is 0 Å². The van der Waals surface area contributed by atoms with Crippen LogP contribution in [0.25, 0.3) is 0 Å². The molecule has 1 aliphatic rings. The average Bonchev–Trinajstić information content (AvgIpc) is 2.62. The molecule has 0 aromatic carbocycles. The van der Waals surface area contributed by atoms with Crippen LogP contribution < -0.4 is 5.32 Å². The SMILES string of the molecule is CCNC1CCCN(Cc2nnc(C)n2C)C1. The first-order chi connectivity index (χ1) is 8.20. The molecule has 1 unspecified atom stereocenters. The Morgan fingerprint density at radius 1 is 1.41 bits per heavy atom. The van der Waals surface area contributed by atoms with Crippen molar-refractivity contribution in [1.29, 1.82) is 0 Å². The van der Waals surface area contributed by atoms with E-state index in [9.17, 15) is 0 Å². The molecule has 1 aliphatic heterocycles. The minimum absolute atomic E-state index is 0.642. The highest BCUT2D eigenvalue weighted by atomic mass is 15.3. The van der Waals surface area contributed by atoms with Crippen molar-refractivity contribution in [3.8, 4) is 0 Å². The number of likely N-dealkylation sites (tertiary alicyclic amines) is 1. The molecular formula is C12H23N5. The van der Waals surface area contributed by atoms with Gasteiger partial charge in [0.05, 0.1) is 6.54 Å². The van der Waals surface area contributed by atoms with E-state index in [1.165, 1.54) is 19.4 Å². The Labute approximate surface area is 103 Å². The zero-order valence-electron chi connectivity index (χ0n) is 11.1. The zero-order valence-corrected chi connectivity index (χ0v) is 11.1. The van der Waals surface area contributed by atoms with E-state index in [0.717, 1.165) is 31.3 Å². The van der Waals surface area contributed by atoms with Crippen LogP contribution in [0.1, 0.15) is 31.4 Å². The van der Waals surface area contributed by atoms with Gasteiger partial charge in [0.15, 0.2) is 0 Å². The monoisotopic (exact) mass is 237 g/mol. The standard InChI is InChI=1S/C12H23N5/c1-4-13-11-6-5-7-17(8-11)9-12-15-14-10(2)16(12)3/h11,13H,4-9H2,1-3H3. The first-order valence-electron chi connectivity index (χ1n) is 6.51. The molecule has 1 aromatic heterocycles. The van der Waals surface area contributed by atoms with E-state index in [2.05, 4.69) is 31.9 Å². The summed E-state index contributed by atoms with van der Waals surface area (Å²) in [4.78, 5) is 2.47. The maximum absolute atomic E-state index is 4.23. The third-order valence-corrected chi connectivity index (χ3v) is 3.55. The van der Waals surface area contributed by atoms with E-state index in [0.29, 0.717) is 6.04 Å². The molecule has 17 heavy (non-hydrogen) atoms. The summed E-state index contributed by atoms with van der Waals surface area (Å²) in [6.07, 6.45) is 2.57. The van der Waals surface area contributed by atoms with Crippen molar-refractivity contribution in [1.82, 2.24) is 25.0 Å². The Morgan fingerprint density at radius 3 is 2.88 bits per heavy atom. The van der Waals surface area contributed by atoms with Crippen LogP contribution in [0.15, 0.2) is 0 Å². The third kappa shape index (κ3) is 3.04. The Balaban J connectivity index is 1.92. The molecule has 1 aromatic rings. The lowest BCUT2D eigenvalue weighted by Crippen LogP contribution is -2.45. The summed E-state index contributed by atoms with van der Waals surface area (Å²) < 4.78 is 2.08. The number of rotatable bonds is 4. The number of hydrogen-bond acceptors (Lipinski definition) is 4.